The Morgan fingerprint density at radius 2 is 2.07 bits per heavy atom. The maximum absolute atomic E-state index is 11.7. The molecule has 0 aromatic carbocycles. The highest BCUT2D eigenvalue weighted by atomic mass is 16.4. The second-order valence-electron chi connectivity index (χ2n) is 3.47. The monoisotopic (exact) mass is 212 g/mol. The summed E-state index contributed by atoms with van der Waals surface area (Å²) in [7, 11) is 0. The van der Waals surface area contributed by atoms with Crippen LogP contribution in [0.3, 0.4) is 0 Å². The molecule has 1 atom stereocenters. The number of rotatable bonds is 5. The molecule has 0 saturated carbocycles. The van der Waals surface area contributed by atoms with Crippen molar-refractivity contribution >= 4 is 11.9 Å². The minimum atomic E-state index is -1.06. The number of carboxylic acids is 1. The van der Waals surface area contributed by atoms with Crippen molar-refractivity contribution in [3.05, 3.63) is 0 Å². The lowest BCUT2D eigenvalue weighted by Gasteiger charge is -2.27. The van der Waals surface area contributed by atoms with E-state index in [4.69, 9.17) is 17.3 Å². The van der Waals surface area contributed by atoms with Crippen LogP contribution in [0.1, 0.15) is 20.3 Å². The van der Waals surface area contributed by atoms with Gasteiger partial charge in [-0.25, -0.2) is 0 Å². The second kappa shape index (κ2) is 6.04. The summed E-state index contributed by atoms with van der Waals surface area (Å²) in [6, 6.07) is -1.03. The molecule has 0 aliphatic heterocycles. The Labute approximate surface area is 89.2 Å². The molecule has 1 amide bonds. The van der Waals surface area contributed by atoms with E-state index in [0.29, 0.717) is 0 Å². The SMILES string of the molecule is C#CCC(N)C(=O)N(CC(=O)O)C(C)C. The van der Waals surface area contributed by atoms with Gasteiger partial charge in [0, 0.05) is 12.5 Å². The first-order valence-corrected chi connectivity index (χ1v) is 4.61. The van der Waals surface area contributed by atoms with Gasteiger partial charge in [-0.1, -0.05) is 0 Å². The lowest BCUT2D eigenvalue weighted by Crippen LogP contribution is -2.48. The molecule has 0 saturated heterocycles. The predicted molar refractivity (Wildman–Crippen MR) is 55.9 cm³/mol. The van der Waals surface area contributed by atoms with Crippen molar-refractivity contribution in [3.63, 3.8) is 0 Å². The van der Waals surface area contributed by atoms with Gasteiger partial charge in [0.25, 0.3) is 0 Å². The molecule has 0 rings (SSSR count). The molecule has 3 N–H and O–H groups in total. The Bertz CT molecular complexity index is 281. The lowest BCUT2D eigenvalue weighted by molar-refractivity contribution is -0.146. The standard InChI is InChI=1S/C10H16N2O3/c1-4-5-8(11)10(15)12(7(2)3)6-9(13)14/h1,7-8H,5-6,11H2,2-3H3,(H,13,14). The highest BCUT2D eigenvalue weighted by Gasteiger charge is 2.24. The summed E-state index contributed by atoms with van der Waals surface area (Å²) in [5.74, 6) is 0.785. The summed E-state index contributed by atoms with van der Waals surface area (Å²) >= 11 is 0. The number of carbonyl (C=O) groups excluding carboxylic acids is 1. The zero-order valence-corrected chi connectivity index (χ0v) is 8.93. The Morgan fingerprint density at radius 1 is 1.53 bits per heavy atom. The zero-order valence-electron chi connectivity index (χ0n) is 8.93. The van der Waals surface area contributed by atoms with Crippen molar-refractivity contribution < 1.29 is 14.7 Å². The molecule has 5 heteroatoms. The van der Waals surface area contributed by atoms with E-state index in [1.54, 1.807) is 13.8 Å². The van der Waals surface area contributed by atoms with Crippen molar-refractivity contribution in [1.29, 1.82) is 0 Å². The van der Waals surface area contributed by atoms with Gasteiger partial charge in [0.1, 0.15) is 6.54 Å². The summed E-state index contributed by atoms with van der Waals surface area (Å²) in [5.41, 5.74) is 5.52. The average molecular weight is 212 g/mol. The fraction of sp³-hybridized carbons (Fsp3) is 0.600. The van der Waals surface area contributed by atoms with Gasteiger partial charge in [-0.3, -0.25) is 9.59 Å². The first kappa shape index (κ1) is 13.5. The maximum atomic E-state index is 11.7. The van der Waals surface area contributed by atoms with E-state index in [2.05, 4.69) is 5.92 Å². The molecule has 0 fully saturated rings. The number of aliphatic carboxylic acids is 1. The molecule has 0 radical (unpaired) electrons. The second-order valence-corrected chi connectivity index (χ2v) is 3.47. The minimum absolute atomic E-state index is 0.113. The number of nitrogens with two attached hydrogens (primary N) is 1. The molecular weight excluding hydrogens is 196 g/mol. The van der Waals surface area contributed by atoms with E-state index in [1.807, 2.05) is 0 Å². The molecule has 1 unspecified atom stereocenters. The van der Waals surface area contributed by atoms with Crippen LogP contribution < -0.4 is 5.73 Å². The molecule has 0 aromatic heterocycles. The van der Waals surface area contributed by atoms with E-state index in [9.17, 15) is 9.59 Å². The van der Waals surface area contributed by atoms with Gasteiger partial charge in [0.05, 0.1) is 6.04 Å². The molecule has 84 valence electrons. The largest absolute Gasteiger partial charge is 0.480 e. The maximum Gasteiger partial charge on any atom is 0.323 e. The number of carbonyl (C=O) groups is 2. The third-order valence-electron chi connectivity index (χ3n) is 1.87. The van der Waals surface area contributed by atoms with Crippen LogP contribution in [0.25, 0.3) is 0 Å². The third-order valence-corrected chi connectivity index (χ3v) is 1.87. The summed E-state index contributed by atoms with van der Waals surface area (Å²) < 4.78 is 0. The fourth-order valence-electron chi connectivity index (χ4n) is 1.09. The average Bonchev–Trinajstić information content (AvgIpc) is 2.12. The first-order chi connectivity index (χ1) is 6.90. The van der Waals surface area contributed by atoms with Gasteiger partial charge in [-0.05, 0) is 13.8 Å². The number of carboxylic acid groups (broad SMARTS) is 1. The van der Waals surface area contributed by atoms with Gasteiger partial charge in [-0.2, -0.15) is 0 Å². The summed E-state index contributed by atoms with van der Waals surface area (Å²) in [6.45, 7) is 3.10. The number of hydrogen-bond donors (Lipinski definition) is 2. The van der Waals surface area contributed by atoms with Crippen LogP contribution in [0.4, 0.5) is 0 Å². The Hall–Kier alpha value is -1.54. The molecule has 0 aromatic rings. The zero-order chi connectivity index (χ0) is 12.0. The molecule has 0 aliphatic rings. The lowest BCUT2D eigenvalue weighted by atomic mass is 10.1. The van der Waals surface area contributed by atoms with E-state index in [0.717, 1.165) is 0 Å². The molecular formula is C10H16N2O3. The van der Waals surface area contributed by atoms with Crippen LogP contribution in [0.5, 0.6) is 0 Å². The number of hydrogen-bond acceptors (Lipinski definition) is 3. The van der Waals surface area contributed by atoms with Gasteiger partial charge in [0.15, 0.2) is 0 Å². The summed E-state index contributed by atoms with van der Waals surface area (Å²) in [4.78, 5) is 23.4. The normalized spacial score (nSPS) is 11.9. The van der Waals surface area contributed by atoms with Crippen LogP contribution in [-0.2, 0) is 9.59 Å². The quantitative estimate of drug-likeness (QED) is 0.611. The van der Waals surface area contributed by atoms with Crippen LogP contribution in [0.2, 0.25) is 0 Å². The van der Waals surface area contributed by atoms with Crippen LogP contribution >= 0.6 is 0 Å². The molecule has 0 heterocycles. The Morgan fingerprint density at radius 3 is 2.40 bits per heavy atom. The molecule has 0 bridgehead atoms. The van der Waals surface area contributed by atoms with Crippen molar-refractivity contribution in [2.75, 3.05) is 6.54 Å². The topological polar surface area (TPSA) is 83.6 Å². The number of nitrogens with zero attached hydrogens (tertiary/aromatic N) is 1. The van der Waals surface area contributed by atoms with Gasteiger partial charge >= 0.3 is 5.97 Å². The molecule has 15 heavy (non-hydrogen) atoms. The van der Waals surface area contributed by atoms with Crippen molar-refractivity contribution in [3.8, 4) is 12.3 Å². The highest BCUT2D eigenvalue weighted by Crippen LogP contribution is 2.02. The van der Waals surface area contributed by atoms with E-state index < -0.39 is 17.9 Å². The van der Waals surface area contributed by atoms with Gasteiger partial charge in [0.2, 0.25) is 5.91 Å². The third kappa shape index (κ3) is 4.47. The Balaban J connectivity index is 4.56. The Kier molecular flexibility index (Phi) is 5.42. The fourth-order valence-corrected chi connectivity index (χ4v) is 1.09. The molecule has 0 aliphatic carbocycles. The van der Waals surface area contributed by atoms with Gasteiger partial charge in [-0.15, -0.1) is 12.3 Å². The van der Waals surface area contributed by atoms with Crippen molar-refractivity contribution in [2.24, 2.45) is 5.73 Å². The summed E-state index contributed by atoms with van der Waals surface area (Å²) in [5, 5.41) is 8.62. The molecule has 0 spiro atoms. The van der Waals surface area contributed by atoms with E-state index in [-0.39, 0.29) is 19.0 Å². The van der Waals surface area contributed by atoms with Crippen LogP contribution in [-0.4, -0.2) is 40.5 Å². The van der Waals surface area contributed by atoms with Crippen molar-refractivity contribution in [1.82, 2.24) is 4.90 Å². The smallest absolute Gasteiger partial charge is 0.323 e. The van der Waals surface area contributed by atoms with Crippen LogP contribution in [0, 0.1) is 12.3 Å². The minimum Gasteiger partial charge on any atom is -0.480 e. The number of amides is 1. The molecule has 5 nitrogen and oxygen atoms in total. The number of terminal acetylenes is 1. The highest BCUT2D eigenvalue weighted by molar-refractivity contribution is 5.85. The van der Waals surface area contributed by atoms with Crippen molar-refractivity contribution in [2.45, 2.75) is 32.4 Å². The first-order valence-electron chi connectivity index (χ1n) is 4.61. The predicted octanol–water partition coefficient (Wildman–Crippen LogP) is -0.341. The van der Waals surface area contributed by atoms with E-state index >= 15 is 0 Å². The van der Waals surface area contributed by atoms with E-state index in [1.165, 1.54) is 4.90 Å². The summed E-state index contributed by atoms with van der Waals surface area (Å²) in [6.07, 6.45) is 5.14. The van der Waals surface area contributed by atoms with Crippen LogP contribution in [0.15, 0.2) is 0 Å². The van der Waals surface area contributed by atoms with Gasteiger partial charge < -0.3 is 15.7 Å².